The number of nitrogens with zero attached hydrogens (tertiary/aromatic N) is 1. The average Bonchev–Trinajstić information content (AvgIpc) is 2.47. The smallest absolute Gasteiger partial charge is 0.273 e. The standard InChI is InChI=1S/C15H16N2O5S/c1-9-7-8-12(10(2)15(9)18)16-23(21,22)14-6-4-5-13(11(14)3)17(19)20/h4-8,16,18H,1-3H3. The molecule has 0 saturated heterocycles. The molecule has 0 spiro atoms. The Bertz CT molecular complexity index is 891. The second-order valence-electron chi connectivity index (χ2n) is 5.17. The van der Waals surface area contributed by atoms with Crippen molar-refractivity contribution in [1.82, 2.24) is 0 Å². The van der Waals surface area contributed by atoms with Gasteiger partial charge in [-0.3, -0.25) is 14.8 Å². The van der Waals surface area contributed by atoms with E-state index in [0.29, 0.717) is 11.1 Å². The Morgan fingerprint density at radius 2 is 1.74 bits per heavy atom. The average molecular weight is 336 g/mol. The van der Waals surface area contributed by atoms with Gasteiger partial charge < -0.3 is 5.11 Å². The summed E-state index contributed by atoms with van der Waals surface area (Å²) in [5.74, 6) is 0.000893. The molecule has 0 radical (unpaired) electrons. The van der Waals surface area contributed by atoms with Crippen molar-refractivity contribution in [2.24, 2.45) is 0 Å². The van der Waals surface area contributed by atoms with Gasteiger partial charge in [-0.05, 0) is 38.5 Å². The summed E-state index contributed by atoms with van der Waals surface area (Å²) in [4.78, 5) is 10.2. The van der Waals surface area contributed by atoms with E-state index in [4.69, 9.17) is 0 Å². The van der Waals surface area contributed by atoms with Crippen molar-refractivity contribution >= 4 is 21.4 Å². The molecule has 0 amide bonds. The van der Waals surface area contributed by atoms with Gasteiger partial charge >= 0.3 is 0 Å². The SMILES string of the molecule is Cc1ccc(NS(=O)(=O)c2cccc([N+](=O)[O-])c2C)c(C)c1O. The van der Waals surface area contributed by atoms with Crippen LogP contribution in [0.1, 0.15) is 16.7 Å². The largest absolute Gasteiger partial charge is 0.507 e. The van der Waals surface area contributed by atoms with Gasteiger partial charge in [-0.25, -0.2) is 8.42 Å². The first kappa shape index (κ1) is 16.8. The second-order valence-corrected chi connectivity index (χ2v) is 6.82. The Hall–Kier alpha value is -2.61. The molecule has 0 aromatic heterocycles. The van der Waals surface area contributed by atoms with Gasteiger partial charge in [-0.1, -0.05) is 12.1 Å². The summed E-state index contributed by atoms with van der Waals surface area (Å²) in [5, 5.41) is 20.9. The summed E-state index contributed by atoms with van der Waals surface area (Å²) in [6, 6.07) is 6.99. The van der Waals surface area contributed by atoms with Crippen molar-refractivity contribution in [3.63, 3.8) is 0 Å². The number of hydrogen-bond acceptors (Lipinski definition) is 5. The predicted molar refractivity (Wildman–Crippen MR) is 86.2 cm³/mol. The molecule has 0 fully saturated rings. The molecule has 23 heavy (non-hydrogen) atoms. The van der Waals surface area contributed by atoms with Crippen LogP contribution in [0, 0.1) is 30.9 Å². The van der Waals surface area contributed by atoms with E-state index in [9.17, 15) is 23.6 Å². The lowest BCUT2D eigenvalue weighted by Gasteiger charge is -2.14. The Kier molecular flexibility index (Phi) is 4.28. The Morgan fingerprint density at radius 3 is 2.35 bits per heavy atom. The summed E-state index contributed by atoms with van der Waals surface area (Å²) in [6.07, 6.45) is 0. The van der Waals surface area contributed by atoms with Crippen LogP contribution in [0.4, 0.5) is 11.4 Å². The number of hydrogen-bond donors (Lipinski definition) is 2. The van der Waals surface area contributed by atoms with Gasteiger partial charge in [0.1, 0.15) is 5.75 Å². The van der Waals surface area contributed by atoms with Gasteiger partial charge in [0.05, 0.1) is 15.5 Å². The highest BCUT2D eigenvalue weighted by molar-refractivity contribution is 7.92. The molecule has 2 aromatic carbocycles. The molecular weight excluding hydrogens is 320 g/mol. The first-order chi connectivity index (χ1) is 10.6. The number of aryl methyl sites for hydroxylation is 1. The summed E-state index contributed by atoms with van der Waals surface area (Å²) in [7, 11) is -4.02. The molecule has 122 valence electrons. The zero-order chi connectivity index (χ0) is 17.4. The third-order valence-electron chi connectivity index (χ3n) is 3.62. The number of phenolic OH excluding ortho intramolecular Hbond substituents is 1. The lowest BCUT2D eigenvalue weighted by molar-refractivity contribution is -0.385. The van der Waals surface area contributed by atoms with Crippen molar-refractivity contribution in [2.75, 3.05) is 4.72 Å². The molecule has 0 heterocycles. The quantitative estimate of drug-likeness (QED) is 0.659. The molecule has 0 atom stereocenters. The van der Waals surface area contributed by atoms with E-state index >= 15 is 0 Å². The Labute approximate surface area is 133 Å². The van der Waals surface area contributed by atoms with Crippen molar-refractivity contribution in [3.8, 4) is 5.75 Å². The highest BCUT2D eigenvalue weighted by Crippen LogP contribution is 2.31. The maximum absolute atomic E-state index is 12.5. The first-order valence-electron chi connectivity index (χ1n) is 6.71. The number of anilines is 1. The molecule has 2 N–H and O–H groups in total. The van der Waals surface area contributed by atoms with E-state index in [2.05, 4.69) is 4.72 Å². The fourth-order valence-corrected chi connectivity index (χ4v) is 3.62. The molecule has 0 aliphatic carbocycles. The monoisotopic (exact) mass is 336 g/mol. The molecule has 2 aromatic rings. The molecule has 0 unspecified atom stereocenters. The summed E-state index contributed by atoms with van der Waals surface area (Å²) < 4.78 is 27.4. The van der Waals surface area contributed by atoms with E-state index in [0.717, 1.165) is 0 Å². The molecule has 2 rings (SSSR count). The third-order valence-corrected chi connectivity index (χ3v) is 5.13. The molecule has 0 aliphatic rings. The lowest BCUT2D eigenvalue weighted by Crippen LogP contribution is -2.15. The first-order valence-corrected chi connectivity index (χ1v) is 8.19. The number of nitro benzene ring substituents is 1. The van der Waals surface area contributed by atoms with Crippen LogP contribution in [0.15, 0.2) is 35.2 Å². The normalized spacial score (nSPS) is 11.3. The van der Waals surface area contributed by atoms with Gasteiger partial charge in [0.25, 0.3) is 15.7 Å². The van der Waals surface area contributed by atoms with Gasteiger partial charge in [0.2, 0.25) is 0 Å². The minimum atomic E-state index is -4.02. The molecule has 7 nitrogen and oxygen atoms in total. The summed E-state index contributed by atoms with van der Waals surface area (Å²) in [5.41, 5.74) is 1.02. The zero-order valence-electron chi connectivity index (χ0n) is 12.8. The molecular formula is C15H16N2O5S. The fourth-order valence-electron chi connectivity index (χ4n) is 2.24. The number of phenols is 1. The predicted octanol–water partition coefficient (Wildman–Crippen LogP) is 3.03. The van der Waals surface area contributed by atoms with Crippen LogP contribution in [-0.2, 0) is 10.0 Å². The van der Waals surface area contributed by atoms with Gasteiger partial charge in [0, 0.05) is 17.2 Å². The number of nitro groups is 1. The second kappa shape index (κ2) is 5.88. The highest BCUT2D eigenvalue weighted by atomic mass is 32.2. The van der Waals surface area contributed by atoms with Crippen molar-refractivity contribution < 1.29 is 18.4 Å². The number of nitrogens with one attached hydrogen (secondary N) is 1. The number of aromatic hydroxyl groups is 1. The summed E-state index contributed by atoms with van der Waals surface area (Å²) in [6.45, 7) is 4.66. The van der Waals surface area contributed by atoms with Gasteiger partial charge in [0.15, 0.2) is 0 Å². The Morgan fingerprint density at radius 1 is 1.09 bits per heavy atom. The van der Waals surface area contributed by atoms with E-state index in [1.165, 1.54) is 31.2 Å². The lowest BCUT2D eigenvalue weighted by atomic mass is 10.1. The molecule has 0 aliphatic heterocycles. The highest BCUT2D eigenvalue weighted by Gasteiger charge is 2.23. The van der Waals surface area contributed by atoms with E-state index < -0.39 is 14.9 Å². The van der Waals surface area contributed by atoms with Crippen LogP contribution >= 0.6 is 0 Å². The van der Waals surface area contributed by atoms with Gasteiger partial charge in [-0.2, -0.15) is 0 Å². The Balaban J connectivity index is 2.51. The van der Waals surface area contributed by atoms with E-state index in [-0.39, 0.29) is 27.6 Å². The number of benzene rings is 2. The van der Waals surface area contributed by atoms with Crippen LogP contribution < -0.4 is 4.72 Å². The molecule has 8 heteroatoms. The number of rotatable bonds is 4. The molecule has 0 saturated carbocycles. The van der Waals surface area contributed by atoms with Gasteiger partial charge in [-0.15, -0.1) is 0 Å². The van der Waals surface area contributed by atoms with E-state index in [1.807, 2.05) is 0 Å². The zero-order valence-corrected chi connectivity index (χ0v) is 13.6. The minimum absolute atomic E-state index is 0.000893. The van der Waals surface area contributed by atoms with Crippen LogP contribution in [0.3, 0.4) is 0 Å². The third kappa shape index (κ3) is 3.11. The van der Waals surface area contributed by atoms with Crippen molar-refractivity contribution in [1.29, 1.82) is 0 Å². The van der Waals surface area contributed by atoms with Crippen LogP contribution in [0.2, 0.25) is 0 Å². The van der Waals surface area contributed by atoms with Crippen molar-refractivity contribution in [2.45, 2.75) is 25.7 Å². The van der Waals surface area contributed by atoms with Crippen LogP contribution in [-0.4, -0.2) is 18.4 Å². The van der Waals surface area contributed by atoms with E-state index in [1.54, 1.807) is 19.9 Å². The number of sulfonamides is 1. The fraction of sp³-hybridized carbons (Fsp3) is 0.200. The maximum Gasteiger partial charge on any atom is 0.273 e. The summed E-state index contributed by atoms with van der Waals surface area (Å²) >= 11 is 0. The minimum Gasteiger partial charge on any atom is -0.507 e. The maximum atomic E-state index is 12.5. The van der Waals surface area contributed by atoms with Crippen LogP contribution in [0.25, 0.3) is 0 Å². The van der Waals surface area contributed by atoms with Crippen molar-refractivity contribution in [3.05, 3.63) is 57.1 Å². The van der Waals surface area contributed by atoms with Crippen LogP contribution in [0.5, 0.6) is 5.75 Å². The molecule has 0 bridgehead atoms. The topological polar surface area (TPSA) is 110 Å².